The quantitative estimate of drug-likeness (QED) is 0.858. The SMILES string of the molecule is CN(C)C(=O)CN(C(=O)OC(C)(C)C)[C@H]1CC1c1ccccc1. The number of hydrogen-bond acceptors (Lipinski definition) is 3. The summed E-state index contributed by atoms with van der Waals surface area (Å²) in [6, 6.07) is 10.1. The molecule has 5 heteroatoms. The molecule has 0 aromatic heterocycles. The first-order chi connectivity index (χ1) is 10.7. The molecule has 1 aliphatic rings. The summed E-state index contributed by atoms with van der Waals surface area (Å²) >= 11 is 0. The van der Waals surface area contributed by atoms with Gasteiger partial charge in [-0.05, 0) is 32.8 Å². The van der Waals surface area contributed by atoms with Gasteiger partial charge in [-0.2, -0.15) is 0 Å². The molecule has 1 aliphatic carbocycles. The zero-order valence-electron chi connectivity index (χ0n) is 14.6. The molecule has 1 aromatic rings. The molecule has 1 aromatic carbocycles. The van der Waals surface area contributed by atoms with Gasteiger partial charge in [-0.15, -0.1) is 0 Å². The zero-order valence-corrected chi connectivity index (χ0v) is 14.6. The number of carbonyl (C=O) groups excluding carboxylic acids is 2. The van der Waals surface area contributed by atoms with Gasteiger partial charge in [0.25, 0.3) is 0 Å². The molecule has 23 heavy (non-hydrogen) atoms. The van der Waals surface area contributed by atoms with Crippen LogP contribution in [-0.4, -0.2) is 54.1 Å². The third-order valence-corrected chi connectivity index (χ3v) is 3.82. The van der Waals surface area contributed by atoms with E-state index in [1.807, 2.05) is 39.0 Å². The highest BCUT2D eigenvalue weighted by atomic mass is 16.6. The van der Waals surface area contributed by atoms with E-state index in [0.717, 1.165) is 6.42 Å². The van der Waals surface area contributed by atoms with Gasteiger partial charge in [0.2, 0.25) is 5.91 Å². The standard InChI is InChI=1S/C18H26N2O3/c1-18(2,3)23-17(22)20(12-16(21)19(4)5)15-11-14(15)13-9-7-6-8-10-13/h6-10,14-15H,11-12H2,1-5H3/t14?,15-/m0/s1. The van der Waals surface area contributed by atoms with Crippen LogP contribution in [0.1, 0.15) is 38.7 Å². The van der Waals surface area contributed by atoms with E-state index in [-0.39, 0.29) is 24.4 Å². The van der Waals surface area contributed by atoms with Crippen molar-refractivity contribution in [3.63, 3.8) is 0 Å². The second-order valence-electron chi connectivity index (χ2n) is 7.22. The Morgan fingerprint density at radius 2 is 1.78 bits per heavy atom. The monoisotopic (exact) mass is 318 g/mol. The summed E-state index contributed by atoms with van der Waals surface area (Å²) in [5.74, 6) is 0.174. The molecule has 0 saturated heterocycles. The Kier molecular flexibility index (Phi) is 4.97. The molecule has 0 N–H and O–H groups in total. The lowest BCUT2D eigenvalue weighted by molar-refractivity contribution is -0.130. The number of likely N-dealkylation sites (N-methyl/N-ethyl adjacent to an activating group) is 1. The zero-order chi connectivity index (χ0) is 17.2. The largest absolute Gasteiger partial charge is 0.444 e. The summed E-state index contributed by atoms with van der Waals surface area (Å²) in [5.41, 5.74) is 0.622. The fraction of sp³-hybridized carbons (Fsp3) is 0.556. The van der Waals surface area contributed by atoms with E-state index in [0.29, 0.717) is 0 Å². The summed E-state index contributed by atoms with van der Waals surface area (Å²) in [4.78, 5) is 27.7. The number of ether oxygens (including phenoxy) is 1. The van der Waals surface area contributed by atoms with E-state index in [2.05, 4.69) is 12.1 Å². The van der Waals surface area contributed by atoms with E-state index in [1.54, 1.807) is 19.0 Å². The molecular formula is C18H26N2O3. The maximum atomic E-state index is 12.5. The highest BCUT2D eigenvalue weighted by molar-refractivity contribution is 5.82. The summed E-state index contributed by atoms with van der Waals surface area (Å²) in [6.07, 6.45) is 0.445. The third-order valence-electron chi connectivity index (χ3n) is 3.82. The topological polar surface area (TPSA) is 49.9 Å². The van der Waals surface area contributed by atoms with E-state index in [4.69, 9.17) is 4.74 Å². The molecule has 126 valence electrons. The Morgan fingerprint density at radius 1 is 1.17 bits per heavy atom. The van der Waals surface area contributed by atoms with Crippen molar-refractivity contribution in [2.75, 3.05) is 20.6 Å². The van der Waals surface area contributed by atoms with Crippen LogP contribution in [0.4, 0.5) is 4.79 Å². The van der Waals surface area contributed by atoms with Gasteiger partial charge in [-0.25, -0.2) is 4.79 Å². The van der Waals surface area contributed by atoms with Crippen LogP contribution in [0.25, 0.3) is 0 Å². The van der Waals surface area contributed by atoms with Gasteiger partial charge in [-0.1, -0.05) is 30.3 Å². The van der Waals surface area contributed by atoms with Crippen molar-refractivity contribution in [1.29, 1.82) is 0 Å². The van der Waals surface area contributed by atoms with Gasteiger partial charge in [0, 0.05) is 26.1 Å². The van der Waals surface area contributed by atoms with Crippen molar-refractivity contribution in [1.82, 2.24) is 9.80 Å². The maximum absolute atomic E-state index is 12.5. The Bertz CT molecular complexity index is 563. The number of rotatable bonds is 4. The lowest BCUT2D eigenvalue weighted by Gasteiger charge is -2.28. The average molecular weight is 318 g/mol. The minimum Gasteiger partial charge on any atom is -0.444 e. The Morgan fingerprint density at radius 3 is 2.30 bits per heavy atom. The van der Waals surface area contributed by atoms with E-state index >= 15 is 0 Å². The van der Waals surface area contributed by atoms with Crippen molar-refractivity contribution >= 4 is 12.0 Å². The van der Waals surface area contributed by atoms with Crippen molar-refractivity contribution < 1.29 is 14.3 Å². The molecule has 2 rings (SSSR count). The molecule has 2 atom stereocenters. The minimum absolute atomic E-state index is 0.0242. The molecule has 0 spiro atoms. The van der Waals surface area contributed by atoms with Crippen LogP contribution >= 0.6 is 0 Å². The highest BCUT2D eigenvalue weighted by Gasteiger charge is 2.46. The first-order valence-electron chi connectivity index (χ1n) is 7.94. The van der Waals surface area contributed by atoms with Crippen LogP contribution in [0.2, 0.25) is 0 Å². The summed E-state index contributed by atoms with van der Waals surface area (Å²) in [5, 5.41) is 0. The molecule has 0 radical (unpaired) electrons. The van der Waals surface area contributed by atoms with E-state index in [1.165, 1.54) is 10.5 Å². The Hall–Kier alpha value is -2.04. The predicted octanol–water partition coefficient (Wildman–Crippen LogP) is 2.87. The van der Waals surface area contributed by atoms with Crippen LogP contribution in [0, 0.1) is 0 Å². The smallest absolute Gasteiger partial charge is 0.411 e. The number of benzene rings is 1. The van der Waals surface area contributed by atoms with Gasteiger partial charge < -0.3 is 9.64 Å². The third kappa shape index (κ3) is 4.71. The molecule has 1 saturated carbocycles. The van der Waals surface area contributed by atoms with Crippen molar-refractivity contribution in [2.24, 2.45) is 0 Å². The molecule has 5 nitrogen and oxygen atoms in total. The Balaban J connectivity index is 2.11. The molecule has 0 aliphatic heterocycles. The number of amides is 2. The van der Waals surface area contributed by atoms with E-state index in [9.17, 15) is 9.59 Å². The molecule has 2 amide bonds. The molecule has 1 unspecified atom stereocenters. The van der Waals surface area contributed by atoms with Crippen molar-refractivity contribution in [2.45, 2.75) is 44.8 Å². The van der Waals surface area contributed by atoms with Crippen molar-refractivity contribution in [3.05, 3.63) is 35.9 Å². The van der Waals surface area contributed by atoms with Gasteiger partial charge in [0.1, 0.15) is 12.1 Å². The summed E-state index contributed by atoms with van der Waals surface area (Å²) < 4.78 is 5.48. The number of nitrogens with zero attached hydrogens (tertiary/aromatic N) is 2. The minimum atomic E-state index is -0.576. The number of hydrogen-bond donors (Lipinski definition) is 0. The molecule has 0 bridgehead atoms. The van der Waals surface area contributed by atoms with Gasteiger partial charge in [-0.3, -0.25) is 9.69 Å². The van der Waals surface area contributed by atoms with E-state index < -0.39 is 11.7 Å². The van der Waals surface area contributed by atoms with Crippen LogP contribution in [0.5, 0.6) is 0 Å². The first-order valence-corrected chi connectivity index (χ1v) is 7.94. The fourth-order valence-corrected chi connectivity index (χ4v) is 2.51. The fourth-order valence-electron chi connectivity index (χ4n) is 2.51. The second kappa shape index (κ2) is 6.60. The molecule has 0 heterocycles. The average Bonchev–Trinajstić information content (AvgIpc) is 3.23. The predicted molar refractivity (Wildman–Crippen MR) is 89.2 cm³/mol. The Labute approximate surface area is 138 Å². The first kappa shape index (κ1) is 17.3. The lowest BCUT2D eigenvalue weighted by atomic mass is 10.1. The normalized spacial score (nSPS) is 19.9. The lowest BCUT2D eigenvalue weighted by Crippen LogP contribution is -2.44. The van der Waals surface area contributed by atoms with Crippen molar-refractivity contribution in [3.8, 4) is 0 Å². The molecular weight excluding hydrogens is 292 g/mol. The van der Waals surface area contributed by atoms with Crippen LogP contribution in [-0.2, 0) is 9.53 Å². The van der Waals surface area contributed by atoms with Crippen LogP contribution < -0.4 is 0 Å². The highest BCUT2D eigenvalue weighted by Crippen LogP contribution is 2.45. The van der Waals surface area contributed by atoms with Gasteiger partial charge in [0.05, 0.1) is 0 Å². The number of carbonyl (C=O) groups is 2. The van der Waals surface area contributed by atoms with Gasteiger partial charge >= 0.3 is 6.09 Å². The van der Waals surface area contributed by atoms with Crippen LogP contribution in [0.15, 0.2) is 30.3 Å². The molecule has 1 fully saturated rings. The second-order valence-corrected chi connectivity index (χ2v) is 7.22. The summed E-state index contributed by atoms with van der Waals surface area (Å²) in [6.45, 7) is 5.55. The van der Waals surface area contributed by atoms with Crippen LogP contribution in [0.3, 0.4) is 0 Å². The summed E-state index contributed by atoms with van der Waals surface area (Å²) in [7, 11) is 3.38. The maximum Gasteiger partial charge on any atom is 0.411 e. The van der Waals surface area contributed by atoms with Gasteiger partial charge in [0.15, 0.2) is 0 Å².